The summed E-state index contributed by atoms with van der Waals surface area (Å²) >= 11 is 0. The van der Waals surface area contributed by atoms with E-state index >= 15 is 0 Å². The second-order valence-corrected chi connectivity index (χ2v) is 9.14. The molecule has 0 saturated carbocycles. The van der Waals surface area contributed by atoms with Crippen LogP contribution in [0.2, 0.25) is 0 Å². The van der Waals surface area contributed by atoms with Crippen molar-refractivity contribution in [3.05, 3.63) is 114 Å². The lowest BCUT2D eigenvalue weighted by Gasteiger charge is -2.13. The average Bonchev–Trinajstić information content (AvgIpc) is 3.52. The summed E-state index contributed by atoms with van der Waals surface area (Å²) in [7, 11) is 0. The Morgan fingerprint density at radius 2 is 1.81 bits per heavy atom. The Balaban J connectivity index is 1.27. The quantitative estimate of drug-likeness (QED) is 0.254. The Morgan fingerprint density at radius 1 is 0.944 bits per heavy atom. The standard InChI is InChI=1S/C30H27N5O/c31-25(16-24-18-33-28-9-5-4-8-26(24)28)19-34-30-27(14-20-6-2-1-3-7-20)29(35-36-30)22-10-11-23-17-32-13-12-21(23)15-22/h1-13,15,17-18,25,33-34H,14,16,19,31H2/t25-/m1/s1. The smallest absolute Gasteiger partial charge is 0.228 e. The van der Waals surface area contributed by atoms with Crippen LogP contribution in [0.15, 0.2) is 102 Å². The Morgan fingerprint density at radius 3 is 2.72 bits per heavy atom. The highest BCUT2D eigenvalue weighted by molar-refractivity contribution is 5.87. The predicted molar refractivity (Wildman–Crippen MR) is 145 cm³/mol. The summed E-state index contributed by atoms with van der Waals surface area (Å²) < 4.78 is 5.86. The van der Waals surface area contributed by atoms with E-state index in [0.29, 0.717) is 18.8 Å². The number of aromatic amines is 1. The third kappa shape index (κ3) is 4.46. The predicted octanol–water partition coefficient (Wildman–Crippen LogP) is 5.94. The molecule has 6 heteroatoms. The highest BCUT2D eigenvalue weighted by atomic mass is 16.5. The fourth-order valence-corrected chi connectivity index (χ4v) is 4.75. The number of nitrogens with two attached hydrogens (primary N) is 1. The van der Waals surface area contributed by atoms with Gasteiger partial charge in [-0.1, -0.05) is 65.8 Å². The molecule has 0 amide bonds. The first kappa shape index (κ1) is 22.1. The van der Waals surface area contributed by atoms with Gasteiger partial charge in [-0.15, -0.1) is 0 Å². The minimum absolute atomic E-state index is 0.0875. The van der Waals surface area contributed by atoms with Crippen LogP contribution < -0.4 is 11.1 Å². The lowest BCUT2D eigenvalue weighted by atomic mass is 9.99. The van der Waals surface area contributed by atoms with Gasteiger partial charge in [-0.25, -0.2) is 0 Å². The first-order chi connectivity index (χ1) is 17.7. The van der Waals surface area contributed by atoms with E-state index in [0.717, 1.165) is 39.5 Å². The van der Waals surface area contributed by atoms with Crippen molar-refractivity contribution in [3.63, 3.8) is 0 Å². The minimum Gasteiger partial charge on any atom is -0.361 e. The van der Waals surface area contributed by atoms with Crippen molar-refractivity contribution in [1.82, 2.24) is 15.1 Å². The molecule has 0 bridgehead atoms. The summed E-state index contributed by atoms with van der Waals surface area (Å²) in [5.74, 6) is 0.665. The van der Waals surface area contributed by atoms with Crippen LogP contribution in [0.5, 0.6) is 0 Å². The number of para-hydroxylation sites is 1. The largest absolute Gasteiger partial charge is 0.361 e. The monoisotopic (exact) mass is 473 g/mol. The number of benzene rings is 3. The summed E-state index contributed by atoms with van der Waals surface area (Å²) in [6, 6.07) is 26.9. The zero-order valence-electron chi connectivity index (χ0n) is 19.8. The van der Waals surface area contributed by atoms with E-state index in [2.05, 4.69) is 81.1 Å². The van der Waals surface area contributed by atoms with Crippen LogP contribution in [-0.4, -0.2) is 27.7 Å². The van der Waals surface area contributed by atoms with Gasteiger partial charge in [-0.3, -0.25) is 4.98 Å². The highest BCUT2D eigenvalue weighted by Crippen LogP contribution is 2.32. The third-order valence-electron chi connectivity index (χ3n) is 6.61. The van der Waals surface area contributed by atoms with Gasteiger partial charge in [0.15, 0.2) is 0 Å². The SMILES string of the molecule is N[C@@H](CNc1onc(-c2ccc3cnccc3c2)c1Cc1ccccc1)Cc1c[nH]c2ccccc12. The fourth-order valence-electron chi connectivity index (χ4n) is 4.75. The maximum Gasteiger partial charge on any atom is 0.228 e. The van der Waals surface area contributed by atoms with Crippen molar-refractivity contribution in [2.75, 3.05) is 11.9 Å². The molecule has 3 heterocycles. The molecule has 178 valence electrons. The number of H-pyrrole nitrogens is 1. The van der Waals surface area contributed by atoms with E-state index in [-0.39, 0.29) is 6.04 Å². The summed E-state index contributed by atoms with van der Waals surface area (Å²) in [5, 5.41) is 11.4. The third-order valence-corrected chi connectivity index (χ3v) is 6.61. The van der Waals surface area contributed by atoms with E-state index in [1.807, 2.05) is 36.8 Å². The molecular formula is C30H27N5O. The molecular weight excluding hydrogens is 446 g/mol. The van der Waals surface area contributed by atoms with Crippen LogP contribution >= 0.6 is 0 Å². The summed E-state index contributed by atoms with van der Waals surface area (Å²) in [6.07, 6.45) is 7.18. The highest BCUT2D eigenvalue weighted by Gasteiger charge is 2.19. The lowest BCUT2D eigenvalue weighted by Crippen LogP contribution is -2.31. The molecule has 0 aliphatic rings. The van der Waals surface area contributed by atoms with Gasteiger partial charge in [0.25, 0.3) is 0 Å². The summed E-state index contributed by atoms with van der Waals surface area (Å²) in [4.78, 5) is 7.55. The molecule has 3 aromatic carbocycles. The second kappa shape index (κ2) is 9.68. The maximum atomic E-state index is 6.54. The van der Waals surface area contributed by atoms with Crippen LogP contribution in [0.25, 0.3) is 32.9 Å². The van der Waals surface area contributed by atoms with Crippen molar-refractivity contribution in [2.24, 2.45) is 5.73 Å². The molecule has 3 aromatic heterocycles. The molecule has 36 heavy (non-hydrogen) atoms. The summed E-state index contributed by atoms with van der Waals surface area (Å²) in [6.45, 7) is 0.569. The van der Waals surface area contributed by atoms with Crippen LogP contribution in [0.1, 0.15) is 16.7 Å². The van der Waals surface area contributed by atoms with Gasteiger partial charge in [0, 0.05) is 65.0 Å². The van der Waals surface area contributed by atoms with E-state index in [1.165, 1.54) is 16.5 Å². The molecule has 0 fully saturated rings. The molecule has 1 atom stereocenters. The van der Waals surface area contributed by atoms with Crippen LogP contribution in [0, 0.1) is 0 Å². The van der Waals surface area contributed by atoms with Crippen molar-refractivity contribution in [3.8, 4) is 11.3 Å². The van der Waals surface area contributed by atoms with Gasteiger partial charge in [0.1, 0.15) is 5.69 Å². The molecule has 0 saturated heterocycles. The molecule has 0 aliphatic heterocycles. The Bertz CT molecular complexity index is 1620. The number of fused-ring (bicyclic) bond motifs is 2. The van der Waals surface area contributed by atoms with E-state index in [4.69, 9.17) is 10.3 Å². The number of anilines is 1. The number of pyridine rings is 1. The van der Waals surface area contributed by atoms with Crippen molar-refractivity contribution >= 4 is 27.6 Å². The molecule has 0 radical (unpaired) electrons. The zero-order chi connectivity index (χ0) is 24.3. The number of nitrogens with zero attached hydrogens (tertiary/aromatic N) is 2. The van der Waals surface area contributed by atoms with Crippen LogP contribution in [0.3, 0.4) is 0 Å². The van der Waals surface area contributed by atoms with E-state index < -0.39 is 0 Å². The van der Waals surface area contributed by atoms with Gasteiger partial charge in [0.05, 0.1) is 0 Å². The first-order valence-electron chi connectivity index (χ1n) is 12.2. The van der Waals surface area contributed by atoms with E-state index in [9.17, 15) is 0 Å². The fraction of sp³-hybridized carbons (Fsp3) is 0.133. The first-order valence-corrected chi connectivity index (χ1v) is 12.2. The van der Waals surface area contributed by atoms with Gasteiger partial charge in [-0.05, 0) is 41.1 Å². The normalized spacial score (nSPS) is 12.2. The topological polar surface area (TPSA) is 92.8 Å². The lowest BCUT2D eigenvalue weighted by molar-refractivity contribution is 0.432. The van der Waals surface area contributed by atoms with Crippen molar-refractivity contribution in [2.45, 2.75) is 18.9 Å². The molecule has 0 spiro atoms. The van der Waals surface area contributed by atoms with Crippen molar-refractivity contribution in [1.29, 1.82) is 0 Å². The van der Waals surface area contributed by atoms with Crippen LogP contribution in [0.4, 0.5) is 5.88 Å². The van der Waals surface area contributed by atoms with Gasteiger partial charge in [-0.2, -0.15) is 0 Å². The molecule has 6 nitrogen and oxygen atoms in total. The minimum atomic E-state index is -0.0875. The van der Waals surface area contributed by atoms with Crippen molar-refractivity contribution < 1.29 is 4.52 Å². The molecule has 4 N–H and O–H groups in total. The second-order valence-electron chi connectivity index (χ2n) is 9.14. The van der Waals surface area contributed by atoms with Gasteiger partial charge < -0.3 is 20.6 Å². The number of hydrogen-bond acceptors (Lipinski definition) is 5. The molecule has 6 aromatic rings. The number of aromatic nitrogens is 3. The maximum absolute atomic E-state index is 6.54. The van der Waals surface area contributed by atoms with Crippen LogP contribution in [-0.2, 0) is 12.8 Å². The van der Waals surface area contributed by atoms with E-state index in [1.54, 1.807) is 0 Å². The molecule has 0 aliphatic carbocycles. The zero-order valence-corrected chi connectivity index (χ0v) is 19.8. The Kier molecular flexibility index (Phi) is 5.93. The Labute approximate surface area is 209 Å². The van der Waals surface area contributed by atoms with Gasteiger partial charge >= 0.3 is 0 Å². The Hall–Kier alpha value is -4.42. The van der Waals surface area contributed by atoms with Gasteiger partial charge in [0.2, 0.25) is 5.88 Å². The number of rotatable bonds is 8. The molecule has 6 rings (SSSR count). The summed E-state index contributed by atoms with van der Waals surface area (Å²) in [5.41, 5.74) is 13.0. The number of hydrogen-bond donors (Lipinski definition) is 3. The number of nitrogens with one attached hydrogen (secondary N) is 2. The molecule has 0 unspecified atom stereocenters. The average molecular weight is 474 g/mol.